The van der Waals surface area contributed by atoms with Crippen LogP contribution in [0.3, 0.4) is 0 Å². The Labute approximate surface area is 145 Å². The van der Waals surface area contributed by atoms with Gasteiger partial charge >= 0.3 is 0 Å². The number of amides is 1. The minimum absolute atomic E-state index is 0.0352. The van der Waals surface area contributed by atoms with Crippen LogP contribution >= 0.6 is 0 Å². The number of sulfonamides is 1. The molecule has 6 heteroatoms. The monoisotopic (exact) mass is 352 g/mol. The molecule has 2 rings (SSSR count). The van der Waals surface area contributed by atoms with E-state index in [1.165, 1.54) is 6.07 Å². The van der Waals surface area contributed by atoms with Crippen molar-refractivity contribution in [2.75, 3.05) is 0 Å². The van der Waals surface area contributed by atoms with Gasteiger partial charge in [-0.05, 0) is 55.4 Å². The highest BCUT2D eigenvalue weighted by atomic mass is 32.2. The maximum Gasteiger partial charge on any atom is 0.238 e. The van der Waals surface area contributed by atoms with Crippen molar-refractivity contribution in [3.63, 3.8) is 0 Å². The second-order valence-corrected chi connectivity index (χ2v) is 8.19. The number of aryl methyl sites for hydroxylation is 1. The van der Waals surface area contributed by atoms with E-state index in [1.54, 1.807) is 12.1 Å². The van der Waals surface area contributed by atoms with Gasteiger partial charge in [0.15, 0.2) is 0 Å². The van der Waals surface area contributed by atoms with Crippen molar-refractivity contribution in [1.82, 2.24) is 5.32 Å². The zero-order valence-electron chi connectivity index (χ0n) is 14.5. The van der Waals surface area contributed by atoms with E-state index in [-0.39, 0.29) is 22.8 Å². The lowest BCUT2D eigenvalue weighted by Gasteiger charge is -2.28. The van der Waals surface area contributed by atoms with Crippen LogP contribution < -0.4 is 10.5 Å². The highest BCUT2D eigenvalue weighted by Crippen LogP contribution is 2.31. The number of benzene rings is 1. The van der Waals surface area contributed by atoms with Gasteiger partial charge in [0, 0.05) is 5.92 Å². The normalized spacial score (nSPS) is 17.6. The van der Waals surface area contributed by atoms with Crippen LogP contribution in [-0.2, 0) is 21.2 Å². The molecule has 0 aliphatic heterocycles. The first-order valence-electron chi connectivity index (χ1n) is 8.82. The molecular formula is C18H28N2O3S. The molecule has 0 saturated heterocycles. The predicted octanol–water partition coefficient (Wildman–Crippen LogP) is 3.04. The molecule has 1 aromatic carbocycles. The van der Waals surface area contributed by atoms with Gasteiger partial charge in [-0.15, -0.1) is 0 Å². The Kier molecular flexibility index (Phi) is 6.40. The Bertz CT molecular complexity index is 680. The second kappa shape index (κ2) is 8.12. The second-order valence-electron chi connectivity index (χ2n) is 6.63. The van der Waals surface area contributed by atoms with Crippen LogP contribution in [0.25, 0.3) is 0 Å². The van der Waals surface area contributed by atoms with Gasteiger partial charge < -0.3 is 5.32 Å². The lowest BCUT2D eigenvalue weighted by molar-refractivity contribution is -0.126. The van der Waals surface area contributed by atoms with Gasteiger partial charge in [0.05, 0.1) is 10.9 Å². The quantitative estimate of drug-likeness (QED) is 0.790. The molecule has 24 heavy (non-hydrogen) atoms. The van der Waals surface area contributed by atoms with Gasteiger partial charge in [-0.1, -0.05) is 32.8 Å². The summed E-state index contributed by atoms with van der Waals surface area (Å²) < 4.78 is 23.0. The third kappa shape index (κ3) is 4.57. The third-order valence-corrected chi connectivity index (χ3v) is 5.63. The zero-order chi connectivity index (χ0) is 17.7. The summed E-state index contributed by atoms with van der Waals surface area (Å²) in [7, 11) is -3.69. The molecule has 1 aliphatic carbocycles. The molecular weight excluding hydrogens is 324 g/mol. The van der Waals surface area contributed by atoms with E-state index in [2.05, 4.69) is 19.2 Å². The maximum absolute atomic E-state index is 12.6. The topological polar surface area (TPSA) is 89.3 Å². The maximum atomic E-state index is 12.6. The molecule has 1 atom stereocenters. The average molecular weight is 353 g/mol. The van der Waals surface area contributed by atoms with Gasteiger partial charge in [0.2, 0.25) is 15.9 Å². The van der Waals surface area contributed by atoms with Gasteiger partial charge in [0.1, 0.15) is 0 Å². The summed E-state index contributed by atoms with van der Waals surface area (Å²) in [5.41, 5.74) is 1.99. The van der Waals surface area contributed by atoms with Gasteiger partial charge in [0.25, 0.3) is 0 Å². The van der Waals surface area contributed by atoms with E-state index in [4.69, 9.17) is 5.14 Å². The summed E-state index contributed by atoms with van der Waals surface area (Å²) in [6.45, 7) is 4.20. The molecule has 0 heterocycles. The minimum atomic E-state index is -3.69. The van der Waals surface area contributed by atoms with Crippen LogP contribution in [-0.4, -0.2) is 14.3 Å². The molecule has 3 N–H and O–H groups in total. The SMILES string of the molecule is CCCC(CCC)C(=O)N[C@@H]1CCCc2cc(S(N)(=O)=O)ccc21. The fourth-order valence-electron chi connectivity index (χ4n) is 3.51. The summed E-state index contributed by atoms with van der Waals surface area (Å²) in [4.78, 5) is 12.7. The summed E-state index contributed by atoms with van der Waals surface area (Å²) in [6.07, 6.45) is 6.44. The molecule has 0 aromatic heterocycles. The standard InChI is InChI=1S/C18H28N2O3S/c1-3-6-13(7-4-2)18(21)20-17-9-5-8-14-12-15(24(19,22)23)10-11-16(14)17/h10-13,17H,3-9H2,1-2H3,(H,20,21)(H2,19,22,23)/t17-/m1/s1. The van der Waals surface area contributed by atoms with Crippen molar-refractivity contribution in [3.05, 3.63) is 29.3 Å². The van der Waals surface area contributed by atoms with Crippen molar-refractivity contribution < 1.29 is 13.2 Å². The number of hydrogen-bond acceptors (Lipinski definition) is 3. The van der Waals surface area contributed by atoms with Crippen LogP contribution in [0, 0.1) is 5.92 Å². The Hall–Kier alpha value is -1.40. The highest BCUT2D eigenvalue weighted by Gasteiger charge is 2.26. The van der Waals surface area contributed by atoms with Crippen LogP contribution in [0.15, 0.2) is 23.1 Å². The molecule has 0 bridgehead atoms. The smallest absolute Gasteiger partial charge is 0.238 e. The summed E-state index contributed by atoms with van der Waals surface area (Å²) >= 11 is 0. The largest absolute Gasteiger partial charge is 0.349 e. The first kappa shape index (κ1) is 18.9. The fourth-order valence-corrected chi connectivity index (χ4v) is 4.07. The molecule has 0 saturated carbocycles. The predicted molar refractivity (Wildman–Crippen MR) is 94.9 cm³/mol. The van der Waals surface area contributed by atoms with E-state index in [9.17, 15) is 13.2 Å². The van der Waals surface area contributed by atoms with Crippen molar-refractivity contribution in [2.45, 2.75) is 69.7 Å². The van der Waals surface area contributed by atoms with Gasteiger partial charge in [-0.2, -0.15) is 0 Å². The molecule has 0 unspecified atom stereocenters. The van der Waals surface area contributed by atoms with Gasteiger partial charge in [-0.3, -0.25) is 4.79 Å². The first-order valence-corrected chi connectivity index (χ1v) is 10.4. The number of carbonyl (C=O) groups excluding carboxylic acids is 1. The Balaban J connectivity index is 2.18. The molecule has 0 radical (unpaired) electrons. The van der Waals surface area contributed by atoms with E-state index in [1.807, 2.05) is 0 Å². The first-order chi connectivity index (χ1) is 11.4. The fraction of sp³-hybridized carbons (Fsp3) is 0.611. The molecule has 1 aromatic rings. The third-order valence-electron chi connectivity index (χ3n) is 4.72. The molecule has 0 spiro atoms. The van der Waals surface area contributed by atoms with Crippen LogP contribution in [0.4, 0.5) is 0 Å². The molecule has 134 valence electrons. The number of nitrogens with two attached hydrogens (primary N) is 1. The Morgan fingerprint density at radius 2 is 1.96 bits per heavy atom. The molecule has 5 nitrogen and oxygen atoms in total. The number of fused-ring (bicyclic) bond motifs is 1. The van der Waals surface area contributed by atoms with Crippen molar-refractivity contribution in [2.24, 2.45) is 11.1 Å². The number of hydrogen-bond donors (Lipinski definition) is 2. The van der Waals surface area contributed by atoms with E-state index in [0.717, 1.165) is 56.1 Å². The molecule has 1 amide bonds. The summed E-state index contributed by atoms with van der Waals surface area (Å²) in [6, 6.07) is 4.95. The van der Waals surface area contributed by atoms with E-state index >= 15 is 0 Å². The van der Waals surface area contributed by atoms with E-state index in [0.29, 0.717) is 0 Å². The molecule has 1 aliphatic rings. The number of nitrogens with one attached hydrogen (secondary N) is 1. The Morgan fingerprint density at radius 3 is 2.54 bits per heavy atom. The zero-order valence-corrected chi connectivity index (χ0v) is 15.4. The number of primary sulfonamides is 1. The highest BCUT2D eigenvalue weighted by molar-refractivity contribution is 7.89. The van der Waals surface area contributed by atoms with Crippen molar-refractivity contribution >= 4 is 15.9 Å². The number of rotatable bonds is 7. The van der Waals surface area contributed by atoms with Gasteiger partial charge in [-0.25, -0.2) is 13.6 Å². The van der Waals surface area contributed by atoms with Crippen molar-refractivity contribution in [3.8, 4) is 0 Å². The lowest BCUT2D eigenvalue weighted by Crippen LogP contribution is -2.35. The minimum Gasteiger partial charge on any atom is -0.349 e. The van der Waals surface area contributed by atoms with Crippen LogP contribution in [0.5, 0.6) is 0 Å². The van der Waals surface area contributed by atoms with Crippen LogP contribution in [0.1, 0.15) is 69.5 Å². The van der Waals surface area contributed by atoms with Crippen LogP contribution in [0.2, 0.25) is 0 Å². The summed E-state index contributed by atoms with van der Waals surface area (Å²) in [5.74, 6) is 0.182. The Morgan fingerprint density at radius 1 is 1.29 bits per heavy atom. The summed E-state index contributed by atoms with van der Waals surface area (Å²) in [5, 5.41) is 8.40. The lowest BCUT2D eigenvalue weighted by atomic mass is 9.87. The average Bonchev–Trinajstić information content (AvgIpc) is 2.53. The van der Waals surface area contributed by atoms with Crippen molar-refractivity contribution in [1.29, 1.82) is 0 Å². The van der Waals surface area contributed by atoms with E-state index < -0.39 is 10.0 Å². The number of carbonyl (C=O) groups is 1. The molecule has 0 fully saturated rings.